The summed E-state index contributed by atoms with van der Waals surface area (Å²) in [7, 11) is 0. The Bertz CT molecular complexity index is 1090. The fraction of sp³-hybridized carbons (Fsp3) is 0.238. The van der Waals surface area contributed by atoms with Crippen LogP contribution in [-0.2, 0) is 11.3 Å². The van der Waals surface area contributed by atoms with Crippen LogP contribution >= 0.6 is 11.6 Å². The first kappa shape index (κ1) is 20.5. The van der Waals surface area contributed by atoms with Crippen molar-refractivity contribution in [3.63, 3.8) is 0 Å². The number of anilines is 2. The zero-order chi connectivity index (χ0) is 21.1. The first-order valence-corrected chi connectivity index (χ1v) is 9.47. The molecule has 150 valence electrons. The van der Waals surface area contributed by atoms with E-state index < -0.39 is 5.91 Å². The summed E-state index contributed by atoms with van der Waals surface area (Å²) in [6.45, 7) is 7.48. The second-order valence-electron chi connectivity index (χ2n) is 6.99. The molecule has 0 aliphatic carbocycles. The van der Waals surface area contributed by atoms with Gasteiger partial charge in [0.05, 0.1) is 16.4 Å². The molecule has 7 nitrogen and oxygen atoms in total. The number of benzene rings is 2. The van der Waals surface area contributed by atoms with Crippen molar-refractivity contribution in [2.45, 2.75) is 34.2 Å². The molecule has 1 aromatic heterocycles. The van der Waals surface area contributed by atoms with Gasteiger partial charge in [0.25, 0.3) is 5.91 Å². The average molecular weight is 412 g/mol. The quantitative estimate of drug-likeness (QED) is 0.662. The largest absolute Gasteiger partial charge is 0.324 e. The van der Waals surface area contributed by atoms with Crippen molar-refractivity contribution in [3.05, 3.63) is 69.5 Å². The lowest BCUT2D eigenvalue weighted by atomic mass is 10.1. The number of hydrogen-bond acceptors (Lipinski definition) is 4. The Labute approximate surface area is 174 Å². The van der Waals surface area contributed by atoms with Crippen LogP contribution in [0, 0.1) is 27.7 Å². The van der Waals surface area contributed by atoms with E-state index in [9.17, 15) is 9.59 Å². The van der Waals surface area contributed by atoms with Gasteiger partial charge in [-0.2, -0.15) is 0 Å². The minimum absolute atomic E-state index is 0.0509. The Morgan fingerprint density at radius 3 is 2.28 bits per heavy atom. The van der Waals surface area contributed by atoms with E-state index in [1.54, 1.807) is 19.1 Å². The number of aryl methyl sites for hydroxylation is 3. The zero-order valence-corrected chi connectivity index (χ0v) is 17.5. The summed E-state index contributed by atoms with van der Waals surface area (Å²) < 4.78 is 1.39. The van der Waals surface area contributed by atoms with E-state index in [0.717, 1.165) is 22.4 Å². The number of hydrogen-bond donors (Lipinski definition) is 2. The lowest BCUT2D eigenvalue weighted by Crippen LogP contribution is -2.21. The highest BCUT2D eigenvalue weighted by molar-refractivity contribution is 6.34. The number of halogens is 1. The first-order valence-electron chi connectivity index (χ1n) is 9.09. The number of nitrogens with one attached hydrogen (secondary N) is 2. The van der Waals surface area contributed by atoms with Crippen molar-refractivity contribution in [1.29, 1.82) is 0 Å². The summed E-state index contributed by atoms with van der Waals surface area (Å²) in [6, 6.07) is 11.1. The molecule has 3 rings (SSSR count). The lowest BCUT2D eigenvalue weighted by molar-refractivity contribution is -0.117. The van der Waals surface area contributed by atoms with Gasteiger partial charge in [0, 0.05) is 5.69 Å². The number of amides is 2. The maximum Gasteiger partial charge on any atom is 0.278 e. The molecule has 0 saturated heterocycles. The van der Waals surface area contributed by atoms with E-state index in [0.29, 0.717) is 16.4 Å². The van der Waals surface area contributed by atoms with Gasteiger partial charge in [-0.25, -0.2) is 4.68 Å². The number of nitrogens with zero attached hydrogens (tertiary/aromatic N) is 3. The molecule has 1 heterocycles. The molecule has 0 bridgehead atoms. The SMILES string of the molecule is Cc1ccc(NC(=O)Cn2nnc(C(=O)Nc3ccc(C)cc3Cl)c2C)c(C)c1. The molecule has 2 aromatic carbocycles. The molecule has 2 N–H and O–H groups in total. The molecule has 29 heavy (non-hydrogen) atoms. The number of rotatable bonds is 5. The van der Waals surface area contributed by atoms with E-state index in [1.165, 1.54) is 4.68 Å². The minimum Gasteiger partial charge on any atom is -0.324 e. The number of carbonyl (C=O) groups excluding carboxylic acids is 2. The molecule has 0 atom stereocenters. The molecule has 0 saturated carbocycles. The van der Waals surface area contributed by atoms with Crippen molar-refractivity contribution in [1.82, 2.24) is 15.0 Å². The van der Waals surface area contributed by atoms with Crippen LogP contribution in [0.3, 0.4) is 0 Å². The van der Waals surface area contributed by atoms with E-state index in [-0.39, 0.29) is 18.1 Å². The molecule has 8 heteroatoms. The molecule has 0 radical (unpaired) electrons. The van der Waals surface area contributed by atoms with Crippen LogP contribution in [0.25, 0.3) is 0 Å². The normalized spacial score (nSPS) is 10.7. The summed E-state index contributed by atoms with van der Waals surface area (Å²) >= 11 is 6.17. The summed E-state index contributed by atoms with van der Waals surface area (Å²) in [4.78, 5) is 25.0. The van der Waals surface area contributed by atoms with Crippen molar-refractivity contribution >= 4 is 34.8 Å². The van der Waals surface area contributed by atoms with Crippen molar-refractivity contribution in [3.8, 4) is 0 Å². The van der Waals surface area contributed by atoms with Gasteiger partial charge in [0.1, 0.15) is 6.54 Å². The van der Waals surface area contributed by atoms with Gasteiger partial charge in [-0.1, -0.05) is 40.6 Å². The third-order valence-corrected chi connectivity index (χ3v) is 4.83. The highest BCUT2D eigenvalue weighted by atomic mass is 35.5. The van der Waals surface area contributed by atoms with Crippen LogP contribution in [0.5, 0.6) is 0 Å². The fourth-order valence-electron chi connectivity index (χ4n) is 2.90. The molecule has 0 unspecified atom stereocenters. The zero-order valence-electron chi connectivity index (χ0n) is 16.7. The molecule has 2 amide bonds. The number of carbonyl (C=O) groups is 2. The minimum atomic E-state index is -0.436. The standard InChI is InChI=1S/C21H22ClN5O2/c1-12-5-7-17(14(3)9-12)23-19(28)11-27-15(4)20(25-26-27)21(29)24-18-8-6-13(2)10-16(18)22/h5-10H,11H2,1-4H3,(H,23,28)(H,24,29). The van der Waals surface area contributed by atoms with Crippen molar-refractivity contribution in [2.24, 2.45) is 0 Å². The van der Waals surface area contributed by atoms with Crippen LogP contribution in [0.2, 0.25) is 5.02 Å². The second kappa shape index (κ2) is 8.45. The summed E-state index contributed by atoms with van der Waals surface area (Å²) in [5.41, 5.74) is 4.95. The molecule has 0 aliphatic rings. The Hall–Kier alpha value is -3.19. The van der Waals surface area contributed by atoms with E-state index in [1.807, 2.05) is 45.0 Å². The van der Waals surface area contributed by atoms with Gasteiger partial charge in [0.2, 0.25) is 5.91 Å². The van der Waals surface area contributed by atoms with Crippen molar-refractivity contribution < 1.29 is 9.59 Å². The third kappa shape index (κ3) is 4.81. The molecular formula is C21H22ClN5O2. The Morgan fingerprint density at radius 1 is 0.966 bits per heavy atom. The predicted octanol–water partition coefficient (Wildman–Crippen LogP) is 4.06. The second-order valence-corrected chi connectivity index (χ2v) is 7.39. The fourth-order valence-corrected chi connectivity index (χ4v) is 3.19. The van der Waals surface area contributed by atoms with Gasteiger partial charge < -0.3 is 10.6 Å². The van der Waals surface area contributed by atoms with Crippen LogP contribution in [0.1, 0.15) is 32.9 Å². The van der Waals surface area contributed by atoms with E-state index in [2.05, 4.69) is 20.9 Å². The molecule has 0 spiro atoms. The molecule has 0 aliphatic heterocycles. The predicted molar refractivity (Wildman–Crippen MR) is 113 cm³/mol. The smallest absolute Gasteiger partial charge is 0.278 e. The summed E-state index contributed by atoms with van der Waals surface area (Å²) in [5.74, 6) is -0.687. The van der Waals surface area contributed by atoms with E-state index >= 15 is 0 Å². The summed E-state index contributed by atoms with van der Waals surface area (Å²) in [6.07, 6.45) is 0. The Morgan fingerprint density at radius 2 is 1.62 bits per heavy atom. The maximum absolute atomic E-state index is 12.6. The van der Waals surface area contributed by atoms with Crippen LogP contribution in [0.4, 0.5) is 11.4 Å². The Balaban J connectivity index is 1.69. The van der Waals surface area contributed by atoms with Gasteiger partial charge >= 0.3 is 0 Å². The van der Waals surface area contributed by atoms with Gasteiger partial charge in [-0.15, -0.1) is 5.10 Å². The van der Waals surface area contributed by atoms with Gasteiger partial charge in [-0.3, -0.25) is 9.59 Å². The topological polar surface area (TPSA) is 88.9 Å². The monoisotopic (exact) mass is 411 g/mol. The lowest BCUT2D eigenvalue weighted by Gasteiger charge is -2.10. The first-order chi connectivity index (χ1) is 13.7. The molecular weight excluding hydrogens is 390 g/mol. The Kier molecular flexibility index (Phi) is 5.98. The number of aromatic nitrogens is 3. The average Bonchev–Trinajstić information content (AvgIpc) is 3.00. The molecule has 3 aromatic rings. The van der Waals surface area contributed by atoms with Crippen LogP contribution in [-0.4, -0.2) is 26.8 Å². The summed E-state index contributed by atoms with van der Waals surface area (Å²) in [5, 5.41) is 13.9. The highest BCUT2D eigenvalue weighted by Crippen LogP contribution is 2.23. The van der Waals surface area contributed by atoms with Crippen LogP contribution in [0.15, 0.2) is 36.4 Å². The van der Waals surface area contributed by atoms with Gasteiger partial charge in [-0.05, 0) is 57.0 Å². The van der Waals surface area contributed by atoms with Crippen molar-refractivity contribution in [2.75, 3.05) is 10.6 Å². The van der Waals surface area contributed by atoms with Crippen LogP contribution < -0.4 is 10.6 Å². The highest BCUT2D eigenvalue weighted by Gasteiger charge is 2.19. The third-order valence-electron chi connectivity index (χ3n) is 4.52. The maximum atomic E-state index is 12.6. The van der Waals surface area contributed by atoms with Gasteiger partial charge in [0.15, 0.2) is 5.69 Å². The van der Waals surface area contributed by atoms with E-state index in [4.69, 9.17) is 11.6 Å². The molecule has 0 fully saturated rings.